The van der Waals surface area contributed by atoms with E-state index in [0.717, 1.165) is 23.3 Å². The summed E-state index contributed by atoms with van der Waals surface area (Å²) in [7, 11) is 0. The second kappa shape index (κ2) is 8.28. The average Bonchev–Trinajstić information content (AvgIpc) is 3.37. The summed E-state index contributed by atoms with van der Waals surface area (Å²) in [6.45, 7) is 1.73. The Morgan fingerprint density at radius 1 is 1.23 bits per heavy atom. The molecule has 30 heavy (non-hydrogen) atoms. The first kappa shape index (κ1) is 20.1. The molecule has 1 unspecified atom stereocenters. The van der Waals surface area contributed by atoms with E-state index in [0.29, 0.717) is 17.7 Å². The Balaban J connectivity index is 1.46. The zero-order valence-corrected chi connectivity index (χ0v) is 17.3. The lowest BCUT2D eigenvalue weighted by Gasteiger charge is -2.13. The molecule has 0 spiro atoms. The topological polar surface area (TPSA) is 99.0 Å². The first-order valence-electron chi connectivity index (χ1n) is 9.83. The van der Waals surface area contributed by atoms with Gasteiger partial charge >= 0.3 is 5.97 Å². The van der Waals surface area contributed by atoms with E-state index in [1.807, 2.05) is 11.4 Å². The van der Waals surface area contributed by atoms with Gasteiger partial charge in [0.1, 0.15) is 5.75 Å². The maximum Gasteiger partial charge on any atom is 0.335 e. The van der Waals surface area contributed by atoms with Crippen LogP contribution in [0.15, 0.2) is 52.5 Å². The van der Waals surface area contributed by atoms with E-state index in [9.17, 15) is 14.7 Å². The molecule has 1 aromatic heterocycles. The smallest absolute Gasteiger partial charge is 0.335 e. The van der Waals surface area contributed by atoms with Gasteiger partial charge in [0, 0.05) is 5.38 Å². The number of carbonyl (C=O) groups is 2. The molecule has 1 aromatic carbocycles. The SMILES string of the molecule is C/C(=N\NC(=O)C1C=CC(C(=O)O)=CC1)c1csc(-c2ccc3c(c2)CCC3)c1O. The van der Waals surface area contributed by atoms with Crippen molar-refractivity contribution in [1.82, 2.24) is 5.43 Å². The number of carbonyl (C=O) groups excluding carboxylic acids is 1. The van der Waals surface area contributed by atoms with Crippen LogP contribution in [0, 0.1) is 5.92 Å². The van der Waals surface area contributed by atoms with Crippen LogP contribution in [0.4, 0.5) is 0 Å². The van der Waals surface area contributed by atoms with E-state index in [-0.39, 0.29) is 17.2 Å². The molecule has 1 atom stereocenters. The van der Waals surface area contributed by atoms with Crippen molar-refractivity contribution in [2.75, 3.05) is 0 Å². The highest BCUT2D eigenvalue weighted by molar-refractivity contribution is 7.14. The molecule has 2 aromatic rings. The van der Waals surface area contributed by atoms with Crippen LogP contribution in [0.1, 0.15) is 36.5 Å². The predicted octanol–water partition coefficient (Wildman–Crippen LogP) is 4.04. The first-order valence-corrected chi connectivity index (χ1v) is 10.7. The standard InChI is InChI=1S/C23H22N2O4S/c1-13(24-25-22(27)15-6-8-16(9-7-15)23(28)29)19-12-30-21(20(19)26)18-10-5-14-3-2-4-17(14)11-18/h5-6,8-12,15,26H,2-4,7H2,1H3,(H,25,27)(H,28,29)/b24-13+. The summed E-state index contributed by atoms with van der Waals surface area (Å²) in [6, 6.07) is 6.34. The fraction of sp³-hybridized carbons (Fsp3) is 0.261. The monoisotopic (exact) mass is 422 g/mol. The van der Waals surface area contributed by atoms with Gasteiger partial charge in [0.25, 0.3) is 0 Å². The van der Waals surface area contributed by atoms with Crippen LogP contribution in [-0.2, 0) is 22.4 Å². The van der Waals surface area contributed by atoms with E-state index in [1.54, 1.807) is 13.0 Å². The molecule has 0 aliphatic heterocycles. The number of carboxylic acids is 1. The number of hydrogen-bond acceptors (Lipinski definition) is 5. The average molecular weight is 423 g/mol. The number of benzene rings is 1. The van der Waals surface area contributed by atoms with E-state index in [4.69, 9.17) is 5.11 Å². The Bertz CT molecular complexity index is 1110. The summed E-state index contributed by atoms with van der Waals surface area (Å²) >= 11 is 1.45. The van der Waals surface area contributed by atoms with Crippen molar-refractivity contribution in [3.8, 4) is 16.2 Å². The number of amides is 1. The molecule has 0 saturated heterocycles. The Morgan fingerprint density at radius 2 is 2.03 bits per heavy atom. The molecule has 154 valence electrons. The normalized spacial score (nSPS) is 18.1. The number of aryl methyl sites for hydroxylation is 2. The van der Waals surface area contributed by atoms with Gasteiger partial charge < -0.3 is 10.2 Å². The van der Waals surface area contributed by atoms with Gasteiger partial charge in [-0.2, -0.15) is 5.10 Å². The molecule has 6 nitrogen and oxygen atoms in total. The summed E-state index contributed by atoms with van der Waals surface area (Å²) in [4.78, 5) is 24.0. The number of allylic oxidation sites excluding steroid dienone is 1. The summed E-state index contributed by atoms with van der Waals surface area (Å²) < 4.78 is 0. The van der Waals surface area contributed by atoms with Crippen molar-refractivity contribution in [1.29, 1.82) is 0 Å². The molecular formula is C23H22N2O4S. The van der Waals surface area contributed by atoms with E-state index >= 15 is 0 Å². The molecule has 2 aliphatic carbocycles. The molecule has 0 fully saturated rings. The lowest BCUT2D eigenvalue weighted by atomic mass is 9.96. The Labute approximate surface area is 178 Å². The minimum atomic E-state index is -1.01. The maximum atomic E-state index is 12.3. The van der Waals surface area contributed by atoms with Crippen LogP contribution in [0.25, 0.3) is 10.4 Å². The van der Waals surface area contributed by atoms with Gasteiger partial charge in [-0.1, -0.05) is 30.4 Å². The minimum absolute atomic E-state index is 0.167. The second-order valence-electron chi connectivity index (χ2n) is 7.50. The molecule has 3 N–H and O–H groups in total. The number of carboxylic acid groups (broad SMARTS) is 1. The van der Waals surface area contributed by atoms with Crippen molar-refractivity contribution in [2.45, 2.75) is 32.6 Å². The number of hydrazone groups is 1. The highest BCUT2D eigenvalue weighted by atomic mass is 32.1. The highest BCUT2D eigenvalue weighted by Crippen LogP contribution is 2.40. The predicted molar refractivity (Wildman–Crippen MR) is 117 cm³/mol. The third-order valence-electron chi connectivity index (χ3n) is 5.53. The van der Waals surface area contributed by atoms with Gasteiger partial charge in [-0.15, -0.1) is 11.3 Å². The quantitative estimate of drug-likeness (QED) is 0.500. The van der Waals surface area contributed by atoms with Crippen LogP contribution in [0.3, 0.4) is 0 Å². The van der Waals surface area contributed by atoms with Crippen molar-refractivity contribution >= 4 is 28.9 Å². The Kier molecular flexibility index (Phi) is 5.55. The molecule has 0 radical (unpaired) electrons. The van der Waals surface area contributed by atoms with E-state index in [1.165, 1.54) is 41.0 Å². The van der Waals surface area contributed by atoms with E-state index in [2.05, 4.69) is 22.7 Å². The molecule has 0 saturated carbocycles. The fourth-order valence-electron chi connectivity index (χ4n) is 3.78. The third-order valence-corrected chi connectivity index (χ3v) is 6.55. The van der Waals surface area contributed by atoms with E-state index < -0.39 is 11.9 Å². The number of nitrogens with zero attached hydrogens (tertiary/aromatic N) is 1. The Morgan fingerprint density at radius 3 is 2.77 bits per heavy atom. The van der Waals surface area contributed by atoms with Crippen molar-refractivity contribution in [2.24, 2.45) is 11.0 Å². The highest BCUT2D eigenvalue weighted by Gasteiger charge is 2.20. The van der Waals surface area contributed by atoms with Crippen LogP contribution in [-0.4, -0.2) is 27.8 Å². The Hall–Kier alpha value is -3.19. The summed E-state index contributed by atoms with van der Waals surface area (Å²) in [5.74, 6) is -1.63. The minimum Gasteiger partial charge on any atom is -0.506 e. The van der Waals surface area contributed by atoms with Gasteiger partial charge in [0.2, 0.25) is 5.91 Å². The molecular weight excluding hydrogens is 400 g/mol. The fourth-order valence-corrected chi connectivity index (χ4v) is 4.78. The van der Waals surface area contributed by atoms with Crippen LogP contribution < -0.4 is 5.43 Å². The van der Waals surface area contributed by atoms with Gasteiger partial charge in [0.15, 0.2) is 0 Å². The zero-order valence-electron chi connectivity index (χ0n) is 16.5. The largest absolute Gasteiger partial charge is 0.506 e. The number of aliphatic carboxylic acids is 1. The molecule has 1 heterocycles. The molecule has 1 amide bonds. The van der Waals surface area contributed by atoms with Crippen LogP contribution in [0.5, 0.6) is 5.75 Å². The molecule has 7 heteroatoms. The number of nitrogens with one attached hydrogen (secondary N) is 1. The van der Waals surface area contributed by atoms with Gasteiger partial charge in [-0.3, -0.25) is 4.79 Å². The number of fused-ring (bicyclic) bond motifs is 1. The van der Waals surface area contributed by atoms with Crippen LogP contribution in [0.2, 0.25) is 0 Å². The molecule has 0 bridgehead atoms. The van der Waals surface area contributed by atoms with Crippen LogP contribution >= 0.6 is 11.3 Å². The number of hydrogen-bond donors (Lipinski definition) is 3. The summed E-state index contributed by atoms with van der Waals surface area (Å²) in [6.07, 6.45) is 8.20. The lowest BCUT2D eigenvalue weighted by molar-refractivity contribution is -0.132. The summed E-state index contributed by atoms with van der Waals surface area (Å²) in [5, 5.41) is 25.7. The van der Waals surface area contributed by atoms with Gasteiger partial charge in [-0.05, 0) is 55.4 Å². The van der Waals surface area contributed by atoms with Gasteiger partial charge in [-0.25, -0.2) is 10.2 Å². The zero-order chi connectivity index (χ0) is 21.3. The van der Waals surface area contributed by atoms with Crippen molar-refractivity contribution in [3.63, 3.8) is 0 Å². The van der Waals surface area contributed by atoms with Crippen molar-refractivity contribution < 1.29 is 19.8 Å². The van der Waals surface area contributed by atoms with Crippen molar-refractivity contribution in [3.05, 3.63) is 64.1 Å². The number of thiophene rings is 1. The summed E-state index contributed by atoms with van der Waals surface area (Å²) in [5.41, 5.74) is 7.52. The first-order chi connectivity index (χ1) is 14.4. The molecule has 4 rings (SSSR count). The molecule has 2 aliphatic rings. The number of aromatic hydroxyl groups is 1. The second-order valence-corrected chi connectivity index (χ2v) is 8.38. The number of rotatable bonds is 5. The third kappa shape index (κ3) is 3.93. The maximum absolute atomic E-state index is 12.3. The lowest BCUT2D eigenvalue weighted by Crippen LogP contribution is -2.27. The van der Waals surface area contributed by atoms with Gasteiger partial charge in [0.05, 0.1) is 27.6 Å².